The van der Waals surface area contributed by atoms with Gasteiger partial charge in [0.1, 0.15) is 5.54 Å². The molecule has 0 heterocycles. The highest BCUT2D eigenvalue weighted by molar-refractivity contribution is 5.85. The van der Waals surface area contributed by atoms with Gasteiger partial charge in [-0.05, 0) is 44.6 Å². The van der Waals surface area contributed by atoms with Crippen molar-refractivity contribution in [2.45, 2.75) is 63.5 Å². The molecule has 0 saturated heterocycles. The van der Waals surface area contributed by atoms with Crippen molar-refractivity contribution in [2.75, 3.05) is 13.2 Å². The number of carbonyl (C=O) groups excluding carboxylic acids is 1. The molecular weight excluding hydrogens is 228 g/mol. The zero-order valence-electron chi connectivity index (χ0n) is 11.4. The molecule has 0 bridgehead atoms. The summed E-state index contributed by atoms with van der Waals surface area (Å²) >= 11 is 0. The molecule has 2 aliphatic rings. The van der Waals surface area contributed by atoms with Crippen LogP contribution in [0.15, 0.2) is 0 Å². The summed E-state index contributed by atoms with van der Waals surface area (Å²) in [5.41, 5.74) is 5.04. The quantitative estimate of drug-likeness (QED) is 0.691. The van der Waals surface area contributed by atoms with E-state index < -0.39 is 5.54 Å². The van der Waals surface area contributed by atoms with Crippen LogP contribution in [0.1, 0.15) is 51.9 Å². The van der Waals surface area contributed by atoms with Crippen LogP contribution >= 0.6 is 0 Å². The average Bonchev–Trinajstić information content (AvgIpc) is 3.07. The van der Waals surface area contributed by atoms with E-state index in [2.05, 4.69) is 12.2 Å². The Labute approximate surface area is 110 Å². The number of carbonyl (C=O) groups is 1. The lowest BCUT2D eigenvalue weighted by Gasteiger charge is -2.33. The fraction of sp³-hybridized carbons (Fsp3) is 0.929. The predicted molar refractivity (Wildman–Crippen MR) is 71.2 cm³/mol. The molecule has 104 valence electrons. The van der Waals surface area contributed by atoms with Gasteiger partial charge in [0, 0.05) is 0 Å². The molecule has 4 nitrogen and oxygen atoms in total. The van der Waals surface area contributed by atoms with Crippen LogP contribution < -0.4 is 11.1 Å². The van der Waals surface area contributed by atoms with E-state index in [0.29, 0.717) is 18.6 Å². The van der Waals surface area contributed by atoms with E-state index in [0.717, 1.165) is 38.6 Å². The molecular formula is C14H26N2O2. The Morgan fingerprint density at radius 3 is 2.50 bits per heavy atom. The molecule has 2 aliphatic carbocycles. The summed E-state index contributed by atoms with van der Waals surface area (Å²) < 4.78 is 5.96. The highest BCUT2D eigenvalue weighted by atomic mass is 16.5. The van der Waals surface area contributed by atoms with E-state index in [4.69, 9.17) is 10.5 Å². The summed E-state index contributed by atoms with van der Waals surface area (Å²) in [7, 11) is 0. The maximum absolute atomic E-state index is 11.9. The molecule has 1 amide bonds. The zero-order chi connectivity index (χ0) is 13.0. The van der Waals surface area contributed by atoms with Crippen molar-refractivity contribution in [1.29, 1.82) is 0 Å². The minimum atomic E-state index is -0.612. The highest BCUT2D eigenvalue weighted by Crippen LogP contribution is 2.40. The summed E-state index contributed by atoms with van der Waals surface area (Å²) in [6.07, 6.45) is 8.29. The van der Waals surface area contributed by atoms with Crippen molar-refractivity contribution < 1.29 is 9.53 Å². The van der Waals surface area contributed by atoms with Crippen molar-refractivity contribution >= 4 is 5.91 Å². The van der Waals surface area contributed by atoms with Gasteiger partial charge in [-0.25, -0.2) is 0 Å². The van der Waals surface area contributed by atoms with Crippen molar-refractivity contribution in [3.8, 4) is 0 Å². The number of ether oxygens (including phenoxy) is 1. The maximum Gasteiger partial charge on any atom is 0.240 e. The first-order valence-corrected chi connectivity index (χ1v) is 7.35. The summed E-state index contributed by atoms with van der Waals surface area (Å²) in [6, 6.07) is 0. The second-order valence-electron chi connectivity index (χ2n) is 5.75. The van der Waals surface area contributed by atoms with E-state index in [1.165, 1.54) is 12.8 Å². The van der Waals surface area contributed by atoms with Crippen LogP contribution in [0.2, 0.25) is 0 Å². The Bertz CT molecular complexity index is 286. The van der Waals surface area contributed by atoms with Crippen molar-refractivity contribution in [3.63, 3.8) is 0 Å². The van der Waals surface area contributed by atoms with Gasteiger partial charge in [0.05, 0.1) is 12.7 Å². The Morgan fingerprint density at radius 1 is 1.33 bits per heavy atom. The minimum Gasteiger partial charge on any atom is -0.376 e. The van der Waals surface area contributed by atoms with Crippen molar-refractivity contribution in [3.05, 3.63) is 0 Å². The Balaban J connectivity index is 1.95. The van der Waals surface area contributed by atoms with Crippen LogP contribution in [0.4, 0.5) is 0 Å². The summed E-state index contributed by atoms with van der Waals surface area (Å²) in [5.74, 6) is 0.138. The van der Waals surface area contributed by atoms with Gasteiger partial charge in [-0.15, -0.1) is 0 Å². The van der Waals surface area contributed by atoms with Crippen molar-refractivity contribution in [2.24, 2.45) is 11.7 Å². The largest absolute Gasteiger partial charge is 0.376 e. The number of nitrogens with one attached hydrogen (secondary N) is 1. The summed E-state index contributed by atoms with van der Waals surface area (Å²) in [5, 5.41) is 3.37. The van der Waals surface area contributed by atoms with E-state index >= 15 is 0 Å². The SMILES string of the molecule is CCCNC(COC1CCCC1)(C(N)=O)C1CC1. The predicted octanol–water partition coefficient (Wildman–Crippen LogP) is 1.58. The number of rotatable bonds is 8. The first-order valence-electron chi connectivity index (χ1n) is 7.35. The molecule has 0 aromatic heterocycles. The van der Waals surface area contributed by atoms with Crippen LogP contribution in [-0.2, 0) is 9.53 Å². The minimum absolute atomic E-state index is 0.239. The molecule has 0 aromatic rings. The van der Waals surface area contributed by atoms with Gasteiger partial charge in [0.15, 0.2) is 0 Å². The standard InChI is InChI=1S/C14H26N2O2/c1-2-9-16-14(13(15)17,11-7-8-11)10-18-12-5-3-4-6-12/h11-12,16H,2-10H2,1H3,(H2,15,17). The van der Waals surface area contributed by atoms with E-state index in [1.807, 2.05) is 0 Å². The number of primary amides is 1. The zero-order valence-corrected chi connectivity index (χ0v) is 11.4. The first-order chi connectivity index (χ1) is 8.69. The Kier molecular flexibility index (Phi) is 4.62. The third-order valence-corrected chi connectivity index (χ3v) is 4.25. The second kappa shape index (κ2) is 6.02. The molecule has 0 aliphatic heterocycles. The lowest BCUT2D eigenvalue weighted by molar-refractivity contribution is -0.129. The van der Waals surface area contributed by atoms with Crippen LogP contribution in [0.25, 0.3) is 0 Å². The van der Waals surface area contributed by atoms with Gasteiger partial charge in [-0.2, -0.15) is 0 Å². The Morgan fingerprint density at radius 2 is 2.00 bits per heavy atom. The average molecular weight is 254 g/mol. The van der Waals surface area contributed by atoms with Crippen LogP contribution in [0, 0.1) is 5.92 Å². The lowest BCUT2D eigenvalue weighted by atomic mass is 9.93. The topological polar surface area (TPSA) is 64.3 Å². The van der Waals surface area contributed by atoms with Crippen LogP contribution in [0.5, 0.6) is 0 Å². The van der Waals surface area contributed by atoms with Gasteiger partial charge in [0.2, 0.25) is 5.91 Å². The van der Waals surface area contributed by atoms with Crippen LogP contribution in [0.3, 0.4) is 0 Å². The van der Waals surface area contributed by atoms with Gasteiger partial charge in [-0.3, -0.25) is 4.79 Å². The second-order valence-corrected chi connectivity index (χ2v) is 5.75. The normalized spacial score (nSPS) is 24.1. The third kappa shape index (κ3) is 3.04. The molecule has 4 heteroatoms. The molecule has 2 rings (SSSR count). The number of hydrogen-bond donors (Lipinski definition) is 2. The van der Waals surface area contributed by atoms with Crippen LogP contribution in [-0.4, -0.2) is 30.7 Å². The summed E-state index contributed by atoms with van der Waals surface area (Å²) in [4.78, 5) is 11.9. The fourth-order valence-electron chi connectivity index (χ4n) is 2.90. The van der Waals surface area contributed by atoms with Crippen molar-refractivity contribution in [1.82, 2.24) is 5.32 Å². The van der Waals surface area contributed by atoms with Gasteiger partial charge >= 0.3 is 0 Å². The molecule has 2 saturated carbocycles. The molecule has 1 unspecified atom stereocenters. The lowest BCUT2D eigenvalue weighted by Crippen LogP contribution is -2.61. The number of nitrogens with two attached hydrogens (primary N) is 1. The Hall–Kier alpha value is -0.610. The monoisotopic (exact) mass is 254 g/mol. The smallest absolute Gasteiger partial charge is 0.240 e. The molecule has 18 heavy (non-hydrogen) atoms. The molecule has 1 atom stereocenters. The molecule has 0 spiro atoms. The molecule has 3 N–H and O–H groups in total. The molecule has 0 aromatic carbocycles. The van der Waals surface area contributed by atoms with E-state index in [1.54, 1.807) is 0 Å². The number of amides is 1. The summed E-state index contributed by atoms with van der Waals surface area (Å²) in [6.45, 7) is 3.38. The van der Waals surface area contributed by atoms with Gasteiger partial charge in [0.25, 0.3) is 0 Å². The highest BCUT2D eigenvalue weighted by Gasteiger charge is 2.50. The fourth-order valence-corrected chi connectivity index (χ4v) is 2.90. The first kappa shape index (κ1) is 13.8. The van der Waals surface area contributed by atoms with E-state index in [-0.39, 0.29) is 5.91 Å². The third-order valence-electron chi connectivity index (χ3n) is 4.25. The van der Waals surface area contributed by atoms with Gasteiger partial charge < -0.3 is 15.8 Å². The number of hydrogen-bond acceptors (Lipinski definition) is 3. The van der Waals surface area contributed by atoms with E-state index in [9.17, 15) is 4.79 Å². The molecule has 2 fully saturated rings. The molecule has 0 radical (unpaired) electrons. The van der Waals surface area contributed by atoms with Gasteiger partial charge in [-0.1, -0.05) is 19.8 Å². The maximum atomic E-state index is 11.9.